The Hall–Kier alpha value is -2.04. The highest BCUT2D eigenvalue weighted by Crippen LogP contribution is 2.32. The molecule has 0 amide bonds. The van der Waals surface area contributed by atoms with Gasteiger partial charge in [-0.25, -0.2) is 4.79 Å². The lowest BCUT2D eigenvalue weighted by atomic mass is 10.2. The fourth-order valence-corrected chi connectivity index (χ4v) is 2.55. The van der Waals surface area contributed by atoms with Gasteiger partial charge in [-0.2, -0.15) is 4.39 Å². The second kappa shape index (κ2) is 5.15. The molecule has 106 valence electrons. The molecule has 1 saturated carbocycles. The molecule has 0 aliphatic heterocycles. The summed E-state index contributed by atoms with van der Waals surface area (Å²) in [4.78, 5) is 11.6. The third-order valence-electron chi connectivity index (χ3n) is 3.60. The molecule has 3 rings (SSSR count). The molecule has 0 N–H and O–H groups in total. The molecule has 1 fully saturated rings. The van der Waals surface area contributed by atoms with Gasteiger partial charge in [0.15, 0.2) is 5.75 Å². The van der Waals surface area contributed by atoms with Crippen LogP contribution in [-0.2, 0) is 0 Å². The normalized spacial score (nSPS) is 15.7. The number of halogens is 1. The van der Waals surface area contributed by atoms with E-state index >= 15 is 0 Å². The minimum Gasteiger partial charge on any atom is -0.497 e. The van der Waals surface area contributed by atoms with Gasteiger partial charge in [0.1, 0.15) is 11.3 Å². The summed E-state index contributed by atoms with van der Waals surface area (Å²) in [5.41, 5.74) is -0.748. The van der Waals surface area contributed by atoms with Crippen LogP contribution in [0.2, 0.25) is 0 Å². The van der Waals surface area contributed by atoms with Crippen molar-refractivity contribution in [2.24, 2.45) is 0 Å². The molecule has 5 heteroatoms. The lowest BCUT2D eigenvalue weighted by molar-refractivity contribution is 0.200. The lowest BCUT2D eigenvalue weighted by Crippen LogP contribution is -2.16. The molecule has 0 spiro atoms. The molecule has 1 aliphatic rings. The number of fused-ring (bicyclic) bond motifs is 1. The van der Waals surface area contributed by atoms with E-state index in [0.29, 0.717) is 11.1 Å². The molecule has 1 aromatic heterocycles. The zero-order valence-corrected chi connectivity index (χ0v) is 11.1. The first-order valence-corrected chi connectivity index (χ1v) is 6.66. The van der Waals surface area contributed by atoms with Crippen LogP contribution >= 0.6 is 0 Å². The van der Waals surface area contributed by atoms with Gasteiger partial charge in [0.2, 0.25) is 0 Å². The third-order valence-corrected chi connectivity index (χ3v) is 3.60. The Kier molecular flexibility index (Phi) is 3.34. The predicted molar refractivity (Wildman–Crippen MR) is 71.9 cm³/mol. The largest absolute Gasteiger partial charge is 0.497 e. The van der Waals surface area contributed by atoms with Crippen LogP contribution in [0.3, 0.4) is 0 Å². The van der Waals surface area contributed by atoms with Crippen LogP contribution < -0.4 is 15.1 Å². The average Bonchev–Trinajstić information content (AvgIpc) is 2.96. The molecule has 4 nitrogen and oxygen atoms in total. The Morgan fingerprint density at radius 2 is 2.05 bits per heavy atom. The van der Waals surface area contributed by atoms with E-state index in [2.05, 4.69) is 0 Å². The van der Waals surface area contributed by atoms with E-state index in [4.69, 9.17) is 13.9 Å². The van der Waals surface area contributed by atoms with Gasteiger partial charge >= 0.3 is 5.63 Å². The predicted octanol–water partition coefficient (Wildman–Crippen LogP) is 3.26. The molecular formula is C15H15FO4. The first-order valence-electron chi connectivity index (χ1n) is 6.66. The van der Waals surface area contributed by atoms with Gasteiger partial charge in [-0.3, -0.25) is 0 Å². The molecular weight excluding hydrogens is 263 g/mol. The maximum absolute atomic E-state index is 14.0. The van der Waals surface area contributed by atoms with Crippen molar-refractivity contribution in [3.8, 4) is 11.5 Å². The van der Waals surface area contributed by atoms with E-state index in [1.807, 2.05) is 0 Å². The van der Waals surface area contributed by atoms with Crippen molar-refractivity contribution in [1.29, 1.82) is 0 Å². The summed E-state index contributed by atoms with van der Waals surface area (Å²) < 4.78 is 29.7. The lowest BCUT2D eigenvalue weighted by Gasteiger charge is -2.15. The first kappa shape index (κ1) is 13.0. The highest BCUT2D eigenvalue weighted by Gasteiger charge is 2.22. The SMILES string of the molecule is COc1ccc2c(OC3CCCC3)c(F)c(=O)oc2c1. The number of hydrogen-bond acceptors (Lipinski definition) is 4. The van der Waals surface area contributed by atoms with Crippen LogP contribution in [0.15, 0.2) is 27.4 Å². The average molecular weight is 278 g/mol. The molecule has 2 aromatic rings. The van der Waals surface area contributed by atoms with Gasteiger partial charge in [0, 0.05) is 6.07 Å². The van der Waals surface area contributed by atoms with E-state index < -0.39 is 11.4 Å². The van der Waals surface area contributed by atoms with Crippen molar-refractivity contribution in [3.05, 3.63) is 34.4 Å². The molecule has 0 unspecified atom stereocenters. The van der Waals surface area contributed by atoms with Gasteiger partial charge < -0.3 is 13.9 Å². The maximum Gasteiger partial charge on any atom is 0.376 e. The second-order valence-electron chi connectivity index (χ2n) is 4.92. The van der Waals surface area contributed by atoms with Crippen molar-refractivity contribution in [3.63, 3.8) is 0 Å². The Morgan fingerprint density at radius 1 is 1.30 bits per heavy atom. The number of ether oxygens (including phenoxy) is 2. The zero-order chi connectivity index (χ0) is 14.1. The summed E-state index contributed by atoms with van der Waals surface area (Å²) in [6.45, 7) is 0. The molecule has 20 heavy (non-hydrogen) atoms. The smallest absolute Gasteiger partial charge is 0.376 e. The Bertz CT molecular complexity index is 686. The summed E-state index contributed by atoms with van der Waals surface area (Å²) in [6, 6.07) is 4.88. The first-order chi connectivity index (χ1) is 9.69. The Labute approximate surface area is 115 Å². The maximum atomic E-state index is 14.0. The van der Waals surface area contributed by atoms with Gasteiger partial charge in [-0.05, 0) is 37.8 Å². The minimum absolute atomic E-state index is 0.00852. The Balaban J connectivity index is 2.12. The van der Waals surface area contributed by atoms with Crippen molar-refractivity contribution >= 4 is 11.0 Å². The van der Waals surface area contributed by atoms with Gasteiger partial charge in [0.25, 0.3) is 5.82 Å². The van der Waals surface area contributed by atoms with Gasteiger partial charge in [-0.1, -0.05) is 0 Å². The van der Waals surface area contributed by atoms with E-state index in [-0.39, 0.29) is 17.4 Å². The number of rotatable bonds is 3. The summed E-state index contributed by atoms with van der Waals surface area (Å²) in [5.74, 6) is -0.431. The second-order valence-corrected chi connectivity index (χ2v) is 4.92. The van der Waals surface area contributed by atoms with E-state index in [1.54, 1.807) is 18.2 Å². The molecule has 1 aromatic carbocycles. The Morgan fingerprint density at radius 3 is 2.75 bits per heavy atom. The van der Waals surface area contributed by atoms with Gasteiger partial charge in [-0.15, -0.1) is 0 Å². The summed E-state index contributed by atoms with van der Waals surface area (Å²) in [6.07, 6.45) is 3.88. The van der Waals surface area contributed by atoms with Crippen molar-refractivity contribution in [1.82, 2.24) is 0 Å². The van der Waals surface area contributed by atoms with E-state index in [1.165, 1.54) is 7.11 Å². The topological polar surface area (TPSA) is 48.7 Å². The molecule has 0 atom stereocenters. The fraction of sp³-hybridized carbons (Fsp3) is 0.400. The molecule has 0 saturated heterocycles. The number of methoxy groups -OCH3 is 1. The van der Waals surface area contributed by atoms with Crippen molar-refractivity contribution < 1.29 is 18.3 Å². The number of hydrogen-bond donors (Lipinski definition) is 0. The molecule has 1 heterocycles. The van der Waals surface area contributed by atoms with E-state index in [9.17, 15) is 9.18 Å². The standard InChI is InChI=1S/C15H15FO4/c1-18-10-6-7-11-12(8-10)20-15(17)13(16)14(11)19-9-4-2-3-5-9/h6-9H,2-5H2,1H3. The zero-order valence-electron chi connectivity index (χ0n) is 11.1. The summed E-state index contributed by atoms with van der Waals surface area (Å²) >= 11 is 0. The van der Waals surface area contributed by atoms with Crippen LogP contribution in [0.1, 0.15) is 25.7 Å². The fourth-order valence-electron chi connectivity index (χ4n) is 2.55. The van der Waals surface area contributed by atoms with E-state index in [0.717, 1.165) is 25.7 Å². The molecule has 0 radical (unpaired) electrons. The third kappa shape index (κ3) is 2.24. The minimum atomic E-state index is -1.02. The van der Waals surface area contributed by atoms with Crippen molar-refractivity contribution in [2.75, 3.05) is 7.11 Å². The van der Waals surface area contributed by atoms with Crippen LogP contribution in [0, 0.1) is 5.82 Å². The molecule has 1 aliphatic carbocycles. The molecule has 0 bridgehead atoms. The quantitative estimate of drug-likeness (QED) is 0.808. The van der Waals surface area contributed by atoms with Gasteiger partial charge in [0.05, 0.1) is 18.6 Å². The highest BCUT2D eigenvalue weighted by molar-refractivity contribution is 5.84. The van der Waals surface area contributed by atoms with Crippen molar-refractivity contribution in [2.45, 2.75) is 31.8 Å². The highest BCUT2D eigenvalue weighted by atomic mass is 19.1. The summed E-state index contributed by atoms with van der Waals surface area (Å²) in [7, 11) is 1.51. The van der Waals surface area contributed by atoms with Crippen LogP contribution in [0.25, 0.3) is 11.0 Å². The monoisotopic (exact) mass is 278 g/mol. The number of benzene rings is 1. The van der Waals surface area contributed by atoms with Crippen LogP contribution in [0.5, 0.6) is 11.5 Å². The summed E-state index contributed by atoms with van der Waals surface area (Å²) in [5, 5.41) is 0.454. The van der Waals surface area contributed by atoms with Crippen LogP contribution in [-0.4, -0.2) is 13.2 Å². The van der Waals surface area contributed by atoms with Crippen LogP contribution in [0.4, 0.5) is 4.39 Å².